The molecule has 0 saturated carbocycles. The number of carbonyl (C=O) groups is 1. The summed E-state index contributed by atoms with van der Waals surface area (Å²) in [7, 11) is 7.14. The minimum absolute atomic E-state index is 0.0495. The molecular weight excluding hydrogens is 368 g/mol. The molecule has 2 aromatic rings. The molecule has 1 N–H and O–H groups in total. The Morgan fingerprint density at radius 3 is 2.14 bits per heavy atom. The van der Waals surface area contributed by atoms with Crippen molar-refractivity contribution in [3.63, 3.8) is 0 Å². The number of hydrogen-bond donors (Lipinski definition) is 1. The average Bonchev–Trinajstić information content (AvgIpc) is 2.69. The van der Waals surface area contributed by atoms with E-state index in [0.717, 1.165) is 12.1 Å². The summed E-state index contributed by atoms with van der Waals surface area (Å²) in [5.74, 6) is 1.21. The second-order valence-corrected chi connectivity index (χ2v) is 8.07. The van der Waals surface area contributed by atoms with Crippen LogP contribution in [0, 0.1) is 5.41 Å². The number of rotatable bonds is 10. The number of amides is 1. The molecule has 0 aliphatic rings. The maximum absolute atomic E-state index is 12.7. The quantitative estimate of drug-likeness (QED) is 0.660. The Morgan fingerprint density at radius 1 is 1.03 bits per heavy atom. The van der Waals surface area contributed by atoms with Crippen molar-refractivity contribution in [1.29, 1.82) is 0 Å². The Kier molecular flexibility index (Phi) is 7.91. The fourth-order valence-corrected chi connectivity index (χ4v) is 3.22. The predicted octanol–water partition coefficient (Wildman–Crippen LogP) is 3.60. The van der Waals surface area contributed by atoms with E-state index in [9.17, 15) is 4.79 Å². The highest BCUT2D eigenvalue weighted by Crippen LogP contribution is 2.39. The molecular formula is C23H32N2O4. The molecule has 1 amide bonds. The SMILES string of the molecule is COc1cc(C(=O)NCC(C)(C)CN(C)C)cc(OC)c1OCc1ccccc1. The van der Waals surface area contributed by atoms with Crippen molar-refractivity contribution in [3.05, 3.63) is 53.6 Å². The van der Waals surface area contributed by atoms with Gasteiger partial charge in [0.25, 0.3) is 5.91 Å². The van der Waals surface area contributed by atoms with Gasteiger partial charge in [0.05, 0.1) is 14.2 Å². The first kappa shape index (κ1) is 22.6. The molecule has 0 radical (unpaired) electrons. The van der Waals surface area contributed by atoms with Gasteiger partial charge in [0, 0.05) is 18.7 Å². The minimum atomic E-state index is -0.178. The van der Waals surface area contributed by atoms with Gasteiger partial charge in [0.15, 0.2) is 11.5 Å². The first-order valence-electron chi connectivity index (χ1n) is 9.61. The third kappa shape index (κ3) is 6.68. The van der Waals surface area contributed by atoms with Crippen LogP contribution in [0.1, 0.15) is 29.8 Å². The van der Waals surface area contributed by atoms with E-state index in [0.29, 0.717) is 36.0 Å². The highest BCUT2D eigenvalue weighted by atomic mass is 16.5. The summed E-state index contributed by atoms with van der Waals surface area (Å²) in [4.78, 5) is 14.8. The molecule has 29 heavy (non-hydrogen) atoms. The van der Waals surface area contributed by atoms with Crippen molar-refractivity contribution in [2.24, 2.45) is 5.41 Å². The number of ether oxygens (including phenoxy) is 3. The van der Waals surface area contributed by atoms with Gasteiger partial charge in [0.2, 0.25) is 5.75 Å². The van der Waals surface area contributed by atoms with Crippen LogP contribution >= 0.6 is 0 Å². The topological polar surface area (TPSA) is 60.0 Å². The molecule has 0 atom stereocenters. The van der Waals surface area contributed by atoms with E-state index < -0.39 is 0 Å². The van der Waals surface area contributed by atoms with Crippen LogP contribution in [0.4, 0.5) is 0 Å². The lowest BCUT2D eigenvalue weighted by atomic mass is 9.93. The molecule has 158 valence electrons. The molecule has 0 unspecified atom stereocenters. The van der Waals surface area contributed by atoms with Crippen molar-refractivity contribution in [3.8, 4) is 17.2 Å². The zero-order chi connectivity index (χ0) is 21.4. The van der Waals surface area contributed by atoms with E-state index in [1.54, 1.807) is 26.4 Å². The van der Waals surface area contributed by atoms with E-state index in [-0.39, 0.29) is 11.3 Å². The second-order valence-electron chi connectivity index (χ2n) is 8.07. The van der Waals surface area contributed by atoms with E-state index in [4.69, 9.17) is 14.2 Å². The summed E-state index contributed by atoms with van der Waals surface area (Å²) in [6.45, 7) is 6.04. The van der Waals surface area contributed by atoms with Crippen LogP contribution in [0.2, 0.25) is 0 Å². The van der Waals surface area contributed by atoms with Crippen LogP contribution in [-0.4, -0.2) is 52.2 Å². The van der Waals surface area contributed by atoms with Gasteiger partial charge >= 0.3 is 0 Å². The fraction of sp³-hybridized carbons (Fsp3) is 0.435. The Hall–Kier alpha value is -2.73. The standard InChI is InChI=1S/C23H32N2O4/c1-23(2,16-25(3)4)15-24-22(26)18-12-19(27-5)21(20(13-18)28-6)29-14-17-10-8-7-9-11-17/h7-13H,14-16H2,1-6H3,(H,24,26). The van der Waals surface area contributed by atoms with Gasteiger partial charge < -0.3 is 24.4 Å². The number of methoxy groups -OCH3 is 2. The molecule has 0 aromatic heterocycles. The van der Waals surface area contributed by atoms with Gasteiger partial charge in [-0.05, 0) is 37.2 Å². The van der Waals surface area contributed by atoms with Crippen LogP contribution < -0.4 is 19.5 Å². The summed E-state index contributed by atoms with van der Waals surface area (Å²) in [5, 5.41) is 3.01. The van der Waals surface area contributed by atoms with E-state index in [2.05, 4.69) is 24.1 Å². The Balaban J connectivity index is 2.16. The molecule has 0 bridgehead atoms. The lowest BCUT2D eigenvalue weighted by molar-refractivity contribution is 0.0928. The largest absolute Gasteiger partial charge is 0.493 e. The van der Waals surface area contributed by atoms with Crippen LogP contribution in [0.25, 0.3) is 0 Å². The summed E-state index contributed by atoms with van der Waals surface area (Å²) in [6, 6.07) is 13.2. The molecule has 2 rings (SSSR count). The van der Waals surface area contributed by atoms with Gasteiger partial charge in [0.1, 0.15) is 6.61 Å². The zero-order valence-corrected chi connectivity index (χ0v) is 18.2. The van der Waals surface area contributed by atoms with Crippen molar-refractivity contribution in [2.45, 2.75) is 20.5 Å². The maximum atomic E-state index is 12.7. The molecule has 6 heteroatoms. The van der Waals surface area contributed by atoms with Crippen molar-refractivity contribution >= 4 is 5.91 Å². The lowest BCUT2D eigenvalue weighted by Crippen LogP contribution is -2.40. The monoisotopic (exact) mass is 400 g/mol. The fourth-order valence-electron chi connectivity index (χ4n) is 3.22. The number of carbonyl (C=O) groups excluding carboxylic acids is 1. The summed E-state index contributed by atoms with van der Waals surface area (Å²) in [6.07, 6.45) is 0. The normalized spacial score (nSPS) is 11.3. The highest BCUT2D eigenvalue weighted by molar-refractivity contribution is 5.95. The first-order valence-corrected chi connectivity index (χ1v) is 9.61. The predicted molar refractivity (Wildman–Crippen MR) is 115 cm³/mol. The molecule has 0 aliphatic heterocycles. The minimum Gasteiger partial charge on any atom is -0.493 e. The average molecular weight is 401 g/mol. The van der Waals surface area contributed by atoms with Crippen molar-refractivity contribution in [2.75, 3.05) is 41.4 Å². The second kappa shape index (κ2) is 10.2. The molecule has 0 saturated heterocycles. The van der Waals surface area contributed by atoms with Crippen LogP contribution in [-0.2, 0) is 6.61 Å². The van der Waals surface area contributed by atoms with Crippen molar-refractivity contribution in [1.82, 2.24) is 10.2 Å². The molecule has 0 fully saturated rings. The Labute approximate surface area is 173 Å². The number of nitrogens with zero attached hydrogens (tertiary/aromatic N) is 1. The van der Waals surface area contributed by atoms with Gasteiger partial charge in [-0.1, -0.05) is 44.2 Å². The van der Waals surface area contributed by atoms with Gasteiger partial charge in [-0.3, -0.25) is 4.79 Å². The Morgan fingerprint density at radius 2 is 1.62 bits per heavy atom. The molecule has 6 nitrogen and oxygen atoms in total. The summed E-state index contributed by atoms with van der Waals surface area (Å²) >= 11 is 0. The van der Waals surface area contributed by atoms with Gasteiger partial charge in [-0.25, -0.2) is 0 Å². The van der Waals surface area contributed by atoms with Crippen LogP contribution in [0.15, 0.2) is 42.5 Å². The van der Waals surface area contributed by atoms with E-state index >= 15 is 0 Å². The maximum Gasteiger partial charge on any atom is 0.251 e. The number of hydrogen-bond acceptors (Lipinski definition) is 5. The smallest absolute Gasteiger partial charge is 0.251 e. The van der Waals surface area contributed by atoms with Crippen LogP contribution in [0.3, 0.4) is 0 Å². The summed E-state index contributed by atoms with van der Waals surface area (Å²) < 4.78 is 16.9. The van der Waals surface area contributed by atoms with Crippen LogP contribution in [0.5, 0.6) is 17.2 Å². The molecule has 0 heterocycles. The summed E-state index contributed by atoms with van der Waals surface area (Å²) in [5.41, 5.74) is 1.44. The highest BCUT2D eigenvalue weighted by Gasteiger charge is 2.22. The molecule has 2 aromatic carbocycles. The third-order valence-corrected chi connectivity index (χ3v) is 4.42. The lowest BCUT2D eigenvalue weighted by Gasteiger charge is -2.28. The van der Waals surface area contributed by atoms with E-state index in [1.165, 1.54) is 0 Å². The number of nitrogens with one attached hydrogen (secondary N) is 1. The molecule has 0 aliphatic carbocycles. The zero-order valence-electron chi connectivity index (χ0n) is 18.2. The Bertz CT molecular complexity index is 779. The van der Waals surface area contributed by atoms with Gasteiger partial charge in [-0.15, -0.1) is 0 Å². The number of benzene rings is 2. The van der Waals surface area contributed by atoms with Gasteiger partial charge in [-0.2, -0.15) is 0 Å². The first-order chi connectivity index (χ1) is 13.8. The molecule has 0 spiro atoms. The third-order valence-electron chi connectivity index (χ3n) is 4.42. The van der Waals surface area contributed by atoms with Crippen molar-refractivity contribution < 1.29 is 19.0 Å². The van der Waals surface area contributed by atoms with E-state index in [1.807, 2.05) is 44.4 Å².